The van der Waals surface area contributed by atoms with E-state index in [2.05, 4.69) is 26.2 Å². The predicted molar refractivity (Wildman–Crippen MR) is 70.5 cm³/mol. The molecule has 0 aliphatic heterocycles. The predicted octanol–water partition coefficient (Wildman–Crippen LogP) is 2.30. The highest BCUT2D eigenvalue weighted by molar-refractivity contribution is 9.10. The lowest BCUT2D eigenvalue weighted by Gasteiger charge is -2.25. The van der Waals surface area contributed by atoms with E-state index in [4.69, 9.17) is 5.73 Å². The van der Waals surface area contributed by atoms with Crippen molar-refractivity contribution in [2.24, 2.45) is 11.7 Å². The third-order valence-electron chi connectivity index (χ3n) is 3.08. The van der Waals surface area contributed by atoms with Crippen molar-refractivity contribution in [3.63, 3.8) is 0 Å². The minimum Gasteiger partial charge on any atom is -0.328 e. The number of carbonyl (C=O) groups excluding carboxylic acids is 1. The summed E-state index contributed by atoms with van der Waals surface area (Å²) in [5.74, 6) is 0.103. The Morgan fingerprint density at radius 2 is 2.29 bits per heavy atom. The molecule has 1 aliphatic carbocycles. The molecule has 2 unspecified atom stereocenters. The lowest BCUT2D eigenvalue weighted by molar-refractivity contribution is -0.120. The zero-order valence-corrected chi connectivity index (χ0v) is 11.1. The van der Waals surface area contributed by atoms with Crippen LogP contribution in [0.4, 0.5) is 5.69 Å². The van der Waals surface area contributed by atoms with Crippen molar-refractivity contribution in [1.82, 2.24) is 4.98 Å². The van der Waals surface area contributed by atoms with Gasteiger partial charge >= 0.3 is 0 Å². The number of rotatable bonds is 2. The van der Waals surface area contributed by atoms with Gasteiger partial charge in [0, 0.05) is 12.0 Å². The first-order valence-corrected chi connectivity index (χ1v) is 6.62. The number of anilines is 1. The molecule has 5 heteroatoms. The molecule has 92 valence electrons. The van der Waals surface area contributed by atoms with Crippen LogP contribution in [0.5, 0.6) is 0 Å². The summed E-state index contributed by atoms with van der Waals surface area (Å²) in [6.45, 7) is 0. The summed E-state index contributed by atoms with van der Waals surface area (Å²) in [5.41, 5.74) is 6.61. The van der Waals surface area contributed by atoms with E-state index in [0.29, 0.717) is 0 Å². The van der Waals surface area contributed by atoms with Crippen LogP contribution in [0.1, 0.15) is 25.7 Å². The highest BCUT2D eigenvalue weighted by atomic mass is 79.9. The lowest BCUT2D eigenvalue weighted by atomic mass is 9.85. The van der Waals surface area contributed by atoms with Crippen LogP contribution in [0.25, 0.3) is 0 Å². The van der Waals surface area contributed by atoms with E-state index in [1.54, 1.807) is 6.20 Å². The lowest BCUT2D eigenvalue weighted by Crippen LogP contribution is -2.34. The Bertz CT molecular complexity index is 393. The molecule has 0 aromatic carbocycles. The molecule has 1 fully saturated rings. The zero-order chi connectivity index (χ0) is 12.3. The number of halogens is 1. The van der Waals surface area contributed by atoms with Gasteiger partial charge in [0.25, 0.3) is 0 Å². The minimum absolute atomic E-state index is 0.0439. The van der Waals surface area contributed by atoms with Crippen LogP contribution in [0.3, 0.4) is 0 Å². The Hall–Kier alpha value is -0.940. The Labute approximate surface area is 109 Å². The third kappa shape index (κ3) is 3.51. The highest BCUT2D eigenvalue weighted by Gasteiger charge is 2.25. The summed E-state index contributed by atoms with van der Waals surface area (Å²) in [6.07, 6.45) is 5.44. The molecule has 2 rings (SSSR count). The van der Waals surface area contributed by atoms with Gasteiger partial charge in [0.2, 0.25) is 5.91 Å². The van der Waals surface area contributed by atoms with Crippen molar-refractivity contribution in [3.05, 3.63) is 22.9 Å². The standard InChI is InChI=1S/C12H16BrN3O/c13-11-5-4-10(7-15-11)16-12(17)8-2-1-3-9(14)6-8/h4-5,7-9H,1-3,6,14H2,(H,16,17). The number of hydrogen-bond acceptors (Lipinski definition) is 3. The summed E-state index contributed by atoms with van der Waals surface area (Å²) < 4.78 is 0.759. The van der Waals surface area contributed by atoms with E-state index in [9.17, 15) is 4.79 Å². The molecule has 0 saturated heterocycles. The second kappa shape index (κ2) is 5.60. The van der Waals surface area contributed by atoms with Crippen molar-refractivity contribution < 1.29 is 4.79 Å². The molecule has 1 aliphatic rings. The molecule has 1 heterocycles. The number of nitrogens with one attached hydrogen (secondary N) is 1. The number of nitrogens with two attached hydrogens (primary N) is 1. The van der Waals surface area contributed by atoms with Crippen molar-refractivity contribution in [2.45, 2.75) is 31.7 Å². The van der Waals surface area contributed by atoms with E-state index >= 15 is 0 Å². The molecule has 0 bridgehead atoms. The molecular weight excluding hydrogens is 282 g/mol. The SMILES string of the molecule is NC1CCCC(C(=O)Nc2ccc(Br)nc2)C1. The number of aromatic nitrogens is 1. The molecule has 0 radical (unpaired) electrons. The summed E-state index contributed by atoms with van der Waals surface area (Å²) in [4.78, 5) is 16.1. The fourth-order valence-corrected chi connectivity index (χ4v) is 2.39. The number of hydrogen-bond donors (Lipinski definition) is 2. The number of nitrogens with zero attached hydrogens (tertiary/aromatic N) is 1. The van der Waals surface area contributed by atoms with Gasteiger partial charge in [-0.2, -0.15) is 0 Å². The van der Waals surface area contributed by atoms with Crippen LogP contribution >= 0.6 is 15.9 Å². The Kier molecular flexibility index (Phi) is 4.12. The van der Waals surface area contributed by atoms with Gasteiger partial charge in [-0.1, -0.05) is 6.42 Å². The Morgan fingerprint density at radius 1 is 1.47 bits per heavy atom. The quantitative estimate of drug-likeness (QED) is 0.823. The summed E-state index contributed by atoms with van der Waals surface area (Å²) in [5, 5.41) is 2.88. The third-order valence-corrected chi connectivity index (χ3v) is 3.55. The van der Waals surface area contributed by atoms with Crippen molar-refractivity contribution in [3.8, 4) is 0 Å². The molecule has 4 nitrogen and oxygen atoms in total. The zero-order valence-electron chi connectivity index (χ0n) is 9.53. The molecule has 1 aromatic rings. The molecule has 1 saturated carbocycles. The van der Waals surface area contributed by atoms with Gasteiger partial charge < -0.3 is 11.1 Å². The van der Waals surface area contributed by atoms with Crippen LogP contribution in [-0.4, -0.2) is 16.9 Å². The average molecular weight is 298 g/mol. The normalized spacial score (nSPS) is 24.4. The maximum absolute atomic E-state index is 12.0. The van der Waals surface area contributed by atoms with Crippen LogP contribution in [0.15, 0.2) is 22.9 Å². The van der Waals surface area contributed by atoms with E-state index in [-0.39, 0.29) is 17.9 Å². The fourth-order valence-electron chi connectivity index (χ4n) is 2.16. The van der Waals surface area contributed by atoms with Gasteiger partial charge in [0.15, 0.2) is 0 Å². The van der Waals surface area contributed by atoms with Gasteiger partial charge in [0.05, 0.1) is 11.9 Å². The topological polar surface area (TPSA) is 68.0 Å². The smallest absolute Gasteiger partial charge is 0.227 e. The van der Waals surface area contributed by atoms with E-state index in [1.165, 1.54) is 0 Å². The summed E-state index contributed by atoms with van der Waals surface area (Å²) >= 11 is 3.26. The maximum Gasteiger partial charge on any atom is 0.227 e. The number of amides is 1. The van der Waals surface area contributed by atoms with Crippen molar-refractivity contribution in [2.75, 3.05) is 5.32 Å². The van der Waals surface area contributed by atoms with Crippen LogP contribution in [0, 0.1) is 5.92 Å². The molecule has 1 amide bonds. The van der Waals surface area contributed by atoms with Gasteiger partial charge in [-0.3, -0.25) is 4.79 Å². The highest BCUT2D eigenvalue weighted by Crippen LogP contribution is 2.24. The van der Waals surface area contributed by atoms with Crippen LogP contribution in [-0.2, 0) is 4.79 Å². The first-order chi connectivity index (χ1) is 8.15. The Balaban J connectivity index is 1.94. The number of carbonyl (C=O) groups is 1. The summed E-state index contributed by atoms with van der Waals surface area (Å²) in [6, 6.07) is 3.81. The summed E-state index contributed by atoms with van der Waals surface area (Å²) in [7, 11) is 0. The molecule has 1 aromatic heterocycles. The molecular formula is C12H16BrN3O. The van der Waals surface area contributed by atoms with E-state index < -0.39 is 0 Å². The van der Waals surface area contributed by atoms with Crippen LogP contribution < -0.4 is 11.1 Å². The molecule has 2 atom stereocenters. The van der Waals surface area contributed by atoms with Gasteiger partial charge in [-0.15, -0.1) is 0 Å². The molecule has 3 N–H and O–H groups in total. The Morgan fingerprint density at radius 3 is 2.94 bits per heavy atom. The minimum atomic E-state index is 0.0439. The molecule has 17 heavy (non-hydrogen) atoms. The number of pyridine rings is 1. The van der Waals surface area contributed by atoms with Crippen LogP contribution in [0.2, 0.25) is 0 Å². The second-order valence-corrected chi connectivity index (χ2v) is 5.29. The van der Waals surface area contributed by atoms with Gasteiger partial charge in [0.1, 0.15) is 4.60 Å². The van der Waals surface area contributed by atoms with Gasteiger partial charge in [-0.25, -0.2) is 4.98 Å². The van der Waals surface area contributed by atoms with Crippen molar-refractivity contribution >= 4 is 27.5 Å². The largest absolute Gasteiger partial charge is 0.328 e. The second-order valence-electron chi connectivity index (χ2n) is 4.48. The van der Waals surface area contributed by atoms with Crippen molar-refractivity contribution in [1.29, 1.82) is 0 Å². The van der Waals surface area contributed by atoms with E-state index in [0.717, 1.165) is 36.0 Å². The monoisotopic (exact) mass is 297 g/mol. The molecule has 0 spiro atoms. The first kappa shape index (κ1) is 12.5. The van der Waals surface area contributed by atoms with Gasteiger partial charge in [-0.05, 0) is 47.3 Å². The first-order valence-electron chi connectivity index (χ1n) is 5.83. The average Bonchev–Trinajstić information content (AvgIpc) is 2.32. The maximum atomic E-state index is 12.0. The van der Waals surface area contributed by atoms with E-state index in [1.807, 2.05) is 12.1 Å². The fraction of sp³-hybridized carbons (Fsp3) is 0.500.